The summed E-state index contributed by atoms with van der Waals surface area (Å²) in [5.41, 5.74) is -0.654. The van der Waals surface area contributed by atoms with Gasteiger partial charge in [-0.05, 0) is 6.42 Å². The fraction of sp³-hybridized carbons (Fsp3) is 0.700. The van der Waals surface area contributed by atoms with Gasteiger partial charge in [-0.3, -0.25) is 0 Å². The van der Waals surface area contributed by atoms with Gasteiger partial charge in [-0.2, -0.15) is 5.26 Å². The van der Waals surface area contributed by atoms with E-state index in [4.69, 9.17) is 14.7 Å². The first kappa shape index (κ1) is 10.2. The highest BCUT2D eigenvalue weighted by Crippen LogP contribution is 2.39. The molecule has 3 heteroatoms. The second-order valence-electron chi connectivity index (χ2n) is 3.20. The third kappa shape index (κ3) is 2.30. The van der Waals surface area contributed by atoms with Gasteiger partial charge in [0.2, 0.25) is 5.60 Å². The van der Waals surface area contributed by atoms with Crippen LogP contribution in [0.1, 0.15) is 19.8 Å². The highest BCUT2D eigenvalue weighted by atomic mass is 16.6. The van der Waals surface area contributed by atoms with Crippen molar-refractivity contribution < 1.29 is 9.47 Å². The summed E-state index contributed by atoms with van der Waals surface area (Å²) in [6.07, 6.45) is 3.72. The van der Waals surface area contributed by atoms with Gasteiger partial charge in [-0.1, -0.05) is 19.4 Å². The normalized spacial score (nSPS) is 30.9. The Kier molecular flexibility index (Phi) is 3.47. The van der Waals surface area contributed by atoms with Gasteiger partial charge in [0, 0.05) is 0 Å². The first-order valence-corrected chi connectivity index (χ1v) is 4.56. The maximum Gasteiger partial charge on any atom is 0.203 e. The van der Waals surface area contributed by atoms with E-state index in [0.717, 1.165) is 12.8 Å². The Hall–Kier alpha value is -0.850. The number of hydrogen-bond donors (Lipinski definition) is 0. The number of nitriles is 1. The lowest BCUT2D eigenvalue weighted by molar-refractivity contribution is 0.119. The fourth-order valence-corrected chi connectivity index (χ4v) is 1.33. The molecule has 0 aliphatic carbocycles. The highest BCUT2D eigenvalue weighted by molar-refractivity contribution is 5.18. The summed E-state index contributed by atoms with van der Waals surface area (Å²) in [7, 11) is 0. The average molecular weight is 181 g/mol. The molecule has 0 aromatic carbocycles. The molecular formula is C10H15NO2. The molecule has 72 valence electrons. The standard InChI is InChI=1S/C10H15NO2/c1-3-5-9-10(7-11,13-9)8-12-6-4-2/h4,9H,2-3,5-6,8H2,1H3. The molecule has 0 amide bonds. The molecular weight excluding hydrogens is 166 g/mol. The molecule has 1 rings (SSSR count). The molecule has 13 heavy (non-hydrogen) atoms. The topological polar surface area (TPSA) is 45.5 Å². The van der Waals surface area contributed by atoms with Crippen molar-refractivity contribution in [2.24, 2.45) is 0 Å². The molecule has 0 radical (unpaired) electrons. The van der Waals surface area contributed by atoms with Crippen molar-refractivity contribution in [2.45, 2.75) is 31.5 Å². The minimum Gasteiger partial charge on any atom is -0.373 e. The van der Waals surface area contributed by atoms with Gasteiger partial charge in [-0.15, -0.1) is 6.58 Å². The molecule has 0 saturated carbocycles. The van der Waals surface area contributed by atoms with Gasteiger partial charge in [0.1, 0.15) is 12.2 Å². The monoisotopic (exact) mass is 181 g/mol. The molecule has 2 unspecified atom stereocenters. The van der Waals surface area contributed by atoms with Gasteiger partial charge < -0.3 is 9.47 Å². The number of hydrogen-bond acceptors (Lipinski definition) is 3. The van der Waals surface area contributed by atoms with Crippen LogP contribution in [0.25, 0.3) is 0 Å². The summed E-state index contributed by atoms with van der Waals surface area (Å²) in [6.45, 7) is 6.45. The van der Waals surface area contributed by atoms with Crippen LogP contribution in [0.15, 0.2) is 12.7 Å². The van der Waals surface area contributed by atoms with Crippen LogP contribution in [-0.2, 0) is 9.47 Å². The lowest BCUT2D eigenvalue weighted by Gasteiger charge is -2.02. The number of nitrogens with zero attached hydrogens (tertiary/aromatic N) is 1. The molecule has 1 fully saturated rings. The lowest BCUT2D eigenvalue weighted by Crippen LogP contribution is -2.20. The molecule has 3 nitrogen and oxygen atoms in total. The maximum atomic E-state index is 8.87. The zero-order valence-corrected chi connectivity index (χ0v) is 7.95. The van der Waals surface area contributed by atoms with E-state index in [0.29, 0.717) is 13.2 Å². The van der Waals surface area contributed by atoms with E-state index in [-0.39, 0.29) is 6.10 Å². The zero-order chi connectivity index (χ0) is 9.73. The predicted octanol–water partition coefficient (Wildman–Crippen LogP) is 1.65. The van der Waals surface area contributed by atoms with Crippen LogP contribution in [0.4, 0.5) is 0 Å². The van der Waals surface area contributed by atoms with Crippen molar-refractivity contribution in [3.05, 3.63) is 12.7 Å². The number of ether oxygens (including phenoxy) is 2. The Balaban J connectivity index is 2.29. The Morgan fingerprint density at radius 3 is 3.08 bits per heavy atom. The Bertz CT molecular complexity index is 221. The molecule has 1 aliphatic heterocycles. The van der Waals surface area contributed by atoms with Gasteiger partial charge >= 0.3 is 0 Å². The van der Waals surface area contributed by atoms with Crippen LogP contribution in [-0.4, -0.2) is 24.9 Å². The van der Waals surface area contributed by atoms with Crippen molar-refractivity contribution in [3.63, 3.8) is 0 Å². The van der Waals surface area contributed by atoms with Gasteiger partial charge in [0.05, 0.1) is 13.2 Å². The van der Waals surface area contributed by atoms with E-state index in [9.17, 15) is 0 Å². The van der Waals surface area contributed by atoms with Crippen molar-refractivity contribution in [1.29, 1.82) is 5.26 Å². The predicted molar refractivity (Wildman–Crippen MR) is 49.1 cm³/mol. The lowest BCUT2D eigenvalue weighted by atomic mass is 10.1. The highest BCUT2D eigenvalue weighted by Gasteiger charge is 2.56. The van der Waals surface area contributed by atoms with Crippen LogP contribution >= 0.6 is 0 Å². The average Bonchev–Trinajstić information content (AvgIpc) is 2.81. The van der Waals surface area contributed by atoms with Crippen molar-refractivity contribution in [2.75, 3.05) is 13.2 Å². The number of rotatable bonds is 6. The van der Waals surface area contributed by atoms with Gasteiger partial charge in [0.15, 0.2) is 0 Å². The van der Waals surface area contributed by atoms with Crippen molar-refractivity contribution >= 4 is 0 Å². The molecule has 1 saturated heterocycles. The SMILES string of the molecule is C=CCOCC1(C#N)OC1CCC. The first-order chi connectivity index (χ1) is 6.29. The van der Waals surface area contributed by atoms with E-state index in [1.165, 1.54) is 0 Å². The van der Waals surface area contributed by atoms with E-state index in [2.05, 4.69) is 19.6 Å². The van der Waals surface area contributed by atoms with Gasteiger partial charge in [-0.25, -0.2) is 0 Å². The molecule has 0 N–H and O–H groups in total. The van der Waals surface area contributed by atoms with E-state index in [1.54, 1.807) is 6.08 Å². The molecule has 0 aromatic rings. The smallest absolute Gasteiger partial charge is 0.203 e. The molecule has 2 atom stereocenters. The van der Waals surface area contributed by atoms with E-state index in [1.807, 2.05) is 0 Å². The second-order valence-corrected chi connectivity index (χ2v) is 3.20. The van der Waals surface area contributed by atoms with Crippen molar-refractivity contribution in [3.8, 4) is 6.07 Å². The van der Waals surface area contributed by atoms with Crippen LogP contribution < -0.4 is 0 Å². The largest absolute Gasteiger partial charge is 0.373 e. The number of epoxide rings is 1. The van der Waals surface area contributed by atoms with Crippen LogP contribution in [0.5, 0.6) is 0 Å². The van der Waals surface area contributed by atoms with E-state index < -0.39 is 5.60 Å². The summed E-state index contributed by atoms with van der Waals surface area (Å²) in [6, 6.07) is 2.16. The molecule has 1 aliphatic rings. The van der Waals surface area contributed by atoms with Crippen LogP contribution in [0, 0.1) is 11.3 Å². The summed E-state index contributed by atoms with van der Waals surface area (Å²) in [5, 5.41) is 8.87. The summed E-state index contributed by atoms with van der Waals surface area (Å²) in [5.74, 6) is 0. The Morgan fingerprint density at radius 2 is 2.54 bits per heavy atom. The molecule has 0 aromatic heterocycles. The Morgan fingerprint density at radius 1 is 1.77 bits per heavy atom. The maximum absolute atomic E-state index is 8.87. The van der Waals surface area contributed by atoms with E-state index >= 15 is 0 Å². The summed E-state index contributed by atoms with van der Waals surface area (Å²) < 4.78 is 10.5. The van der Waals surface area contributed by atoms with Gasteiger partial charge in [0.25, 0.3) is 0 Å². The van der Waals surface area contributed by atoms with Crippen molar-refractivity contribution in [1.82, 2.24) is 0 Å². The minimum absolute atomic E-state index is 0.0762. The summed E-state index contributed by atoms with van der Waals surface area (Å²) >= 11 is 0. The third-order valence-corrected chi connectivity index (χ3v) is 2.11. The quantitative estimate of drug-likeness (QED) is 0.355. The fourth-order valence-electron chi connectivity index (χ4n) is 1.33. The molecule has 0 bridgehead atoms. The summed E-state index contributed by atoms with van der Waals surface area (Å²) in [4.78, 5) is 0. The molecule has 0 spiro atoms. The minimum atomic E-state index is -0.654. The first-order valence-electron chi connectivity index (χ1n) is 4.56. The zero-order valence-electron chi connectivity index (χ0n) is 7.95. The van der Waals surface area contributed by atoms with Crippen LogP contribution in [0.3, 0.4) is 0 Å². The van der Waals surface area contributed by atoms with Crippen LogP contribution in [0.2, 0.25) is 0 Å². The molecule has 1 heterocycles. The Labute approximate surface area is 78.9 Å². The third-order valence-electron chi connectivity index (χ3n) is 2.11. The second kappa shape index (κ2) is 4.40.